The SMILES string of the molecule is CNc1c(OCCOC)ccc(N)c1C. The van der Waals surface area contributed by atoms with E-state index in [1.165, 1.54) is 0 Å². The average molecular weight is 210 g/mol. The van der Waals surface area contributed by atoms with Gasteiger partial charge in [0.15, 0.2) is 0 Å². The van der Waals surface area contributed by atoms with Crippen molar-refractivity contribution in [3.63, 3.8) is 0 Å². The lowest BCUT2D eigenvalue weighted by molar-refractivity contribution is 0.146. The third-order valence-electron chi connectivity index (χ3n) is 2.26. The van der Waals surface area contributed by atoms with Crippen molar-refractivity contribution < 1.29 is 9.47 Å². The lowest BCUT2D eigenvalue weighted by Gasteiger charge is -2.14. The number of ether oxygens (including phenoxy) is 2. The number of methoxy groups -OCH3 is 1. The summed E-state index contributed by atoms with van der Waals surface area (Å²) in [5.74, 6) is 0.807. The van der Waals surface area contributed by atoms with Gasteiger partial charge in [-0.15, -0.1) is 0 Å². The van der Waals surface area contributed by atoms with E-state index < -0.39 is 0 Å². The Hall–Kier alpha value is -1.42. The van der Waals surface area contributed by atoms with Crippen LogP contribution in [-0.2, 0) is 4.74 Å². The molecule has 0 heterocycles. The second kappa shape index (κ2) is 5.46. The summed E-state index contributed by atoms with van der Waals surface area (Å²) in [7, 11) is 3.50. The van der Waals surface area contributed by atoms with Crippen molar-refractivity contribution >= 4 is 11.4 Å². The minimum Gasteiger partial charge on any atom is -0.489 e. The predicted octanol–water partition coefficient (Wildman–Crippen LogP) is 1.64. The topological polar surface area (TPSA) is 56.5 Å². The van der Waals surface area contributed by atoms with E-state index in [1.54, 1.807) is 7.11 Å². The summed E-state index contributed by atoms with van der Waals surface area (Å²) in [5, 5.41) is 3.09. The number of hydrogen-bond donors (Lipinski definition) is 2. The zero-order chi connectivity index (χ0) is 11.3. The molecule has 0 spiro atoms. The van der Waals surface area contributed by atoms with Gasteiger partial charge in [-0.05, 0) is 24.6 Å². The number of hydrogen-bond acceptors (Lipinski definition) is 4. The van der Waals surface area contributed by atoms with Gasteiger partial charge in [0, 0.05) is 19.8 Å². The first-order valence-electron chi connectivity index (χ1n) is 4.89. The van der Waals surface area contributed by atoms with Crippen LogP contribution in [0.1, 0.15) is 5.56 Å². The molecule has 1 aromatic rings. The maximum Gasteiger partial charge on any atom is 0.142 e. The molecule has 0 fully saturated rings. The minimum atomic E-state index is 0.536. The Balaban J connectivity index is 2.83. The fourth-order valence-electron chi connectivity index (χ4n) is 1.37. The van der Waals surface area contributed by atoms with Gasteiger partial charge in [0.1, 0.15) is 12.4 Å². The monoisotopic (exact) mass is 210 g/mol. The van der Waals surface area contributed by atoms with Crippen LogP contribution in [0.3, 0.4) is 0 Å². The number of rotatable bonds is 5. The van der Waals surface area contributed by atoms with Crippen LogP contribution in [-0.4, -0.2) is 27.4 Å². The summed E-state index contributed by atoms with van der Waals surface area (Å²) in [6.45, 7) is 3.07. The highest BCUT2D eigenvalue weighted by Gasteiger charge is 2.07. The molecule has 0 amide bonds. The number of nitrogen functional groups attached to an aromatic ring is 1. The molecule has 3 N–H and O–H groups in total. The normalized spacial score (nSPS) is 10.1. The fourth-order valence-corrected chi connectivity index (χ4v) is 1.37. The van der Waals surface area contributed by atoms with Gasteiger partial charge in [-0.25, -0.2) is 0 Å². The Morgan fingerprint density at radius 3 is 2.67 bits per heavy atom. The highest BCUT2D eigenvalue weighted by atomic mass is 16.5. The van der Waals surface area contributed by atoms with Gasteiger partial charge in [0.25, 0.3) is 0 Å². The smallest absolute Gasteiger partial charge is 0.142 e. The van der Waals surface area contributed by atoms with Crippen molar-refractivity contribution in [3.05, 3.63) is 17.7 Å². The Morgan fingerprint density at radius 1 is 1.33 bits per heavy atom. The van der Waals surface area contributed by atoms with Crippen LogP contribution in [0.5, 0.6) is 5.75 Å². The molecular weight excluding hydrogens is 192 g/mol. The van der Waals surface area contributed by atoms with Crippen LogP contribution in [0.4, 0.5) is 11.4 Å². The van der Waals surface area contributed by atoms with Gasteiger partial charge in [0.2, 0.25) is 0 Å². The van der Waals surface area contributed by atoms with Crippen molar-refractivity contribution in [1.82, 2.24) is 0 Å². The molecule has 15 heavy (non-hydrogen) atoms. The molecule has 1 rings (SSSR count). The predicted molar refractivity (Wildman–Crippen MR) is 62.5 cm³/mol. The molecule has 1 aromatic carbocycles. The lowest BCUT2D eigenvalue weighted by Crippen LogP contribution is -2.07. The number of nitrogens with one attached hydrogen (secondary N) is 1. The molecule has 0 aromatic heterocycles. The van der Waals surface area contributed by atoms with Crippen molar-refractivity contribution in [1.29, 1.82) is 0 Å². The first kappa shape index (κ1) is 11.7. The van der Waals surface area contributed by atoms with Gasteiger partial charge < -0.3 is 20.5 Å². The van der Waals surface area contributed by atoms with E-state index in [0.717, 1.165) is 22.7 Å². The number of anilines is 2. The summed E-state index contributed by atoms with van der Waals surface area (Å²) in [6.07, 6.45) is 0. The molecule has 0 radical (unpaired) electrons. The van der Waals surface area contributed by atoms with Crippen LogP contribution < -0.4 is 15.8 Å². The maximum atomic E-state index is 5.80. The molecule has 0 aliphatic rings. The Bertz CT molecular complexity index is 327. The molecule has 84 valence electrons. The van der Waals surface area contributed by atoms with Crippen molar-refractivity contribution in [2.24, 2.45) is 0 Å². The molecule has 0 bridgehead atoms. The van der Waals surface area contributed by atoms with Crippen molar-refractivity contribution in [2.75, 3.05) is 38.4 Å². The Kier molecular flexibility index (Phi) is 4.24. The van der Waals surface area contributed by atoms with Crippen LogP contribution >= 0.6 is 0 Å². The third-order valence-corrected chi connectivity index (χ3v) is 2.26. The maximum absolute atomic E-state index is 5.80. The van der Waals surface area contributed by atoms with E-state index in [9.17, 15) is 0 Å². The highest BCUT2D eigenvalue weighted by Crippen LogP contribution is 2.31. The molecule has 0 saturated carbocycles. The fraction of sp³-hybridized carbons (Fsp3) is 0.455. The average Bonchev–Trinajstić information content (AvgIpc) is 2.24. The largest absolute Gasteiger partial charge is 0.489 e. The van der Waals surface area contributed by atoms with Gasteiger partial charge in [-0.3, -0.25) is 0 Å². The van der Waals surface area contributed by atoms with E-state index >= 15 is 0 Å². The van der Waals surface area contributed by atoms with E-state index in [2.05, 4.69) is 5.32 Å². The quantitative estimate of drug-likeness (QED) is 0.573. The van der Waals surface area contributed by atoms with Crippen LogP contribution in [0.15, 0.2) is 12.1 Å². The number of nitrogens with two attached hydrogens (primary N) is 1. The van der Waals surface area contributed by atoms with E-state index in [4.69, 9.17) is 15.2 Å². The molecule has 0 aliphatic carbocycles. The second-order valence-corrected chi connectivity index (χ2v) is 3.24. The van der Waals surface area contributed by atoms with Crippen LogP contribution in [0.2, 0.25) is 0 Å². The lowest BCUT2D eigenvalue weighted by atomic mass is 10.1. The first-order valence-corrected chi connectivity index (χ1v) is 4.89. The molecule has 4 nitrogen and oxygen atoms in total. The third kappa shape index (κ3) is 2.76. The first-order chi connectivity index (χ1) is 7.20. The summed E-state index contributed by atoms with van der Waals surface area (Å²) < 4.78 is 10.5. The van der Waals surface area contributed by atoms with E-state index in [1.807, 2.05) is 26.1 Å². The van der Waals surface area contributed by atoms with E-state index in [0.29, 0.717) is 13.2 Å². The molecule has 0 saturated heterocycles. The highest BCUT2D eigenvalue weighted by molar-refractivity contribution is 5.70. The van der Waals surface area contributed by atoms with Gasteiger partial charge in [-0.2, -0.15) is 0 Å². The number of benzene rings is 1. The van der Waals surface area contributed by atoms with Crippen molar-refractivity contribution in [3.8, 4) is 5.75 Å². The van der Waals surface area contributed by atoms with E-state index in [-0.39, 0.29) is 0 Å². The minimum absolute atomic E-state index is 0.536. The standard InChI is InChI=1S/C11H18N2O2/c1-8-9(12)4-5-10(11(8)13-2)15-7-6-14-3/h4-5,13H,6-7,12H2,1-3H3. The molecule has 4 heteroatoms. The molecule has 0 aliphatic heterocycles. The zero-order valence-electron chi connectivity index (χ0n) is 9.46. The second-order valence-electron chi connectivity index (χ2n) is 3.24. The zero-order valence-corrected chi connectivity index (χ0v) is 9.46. The Morgan fingerprint density at radius 2 is 2.07 bits per heavy atom. The van der Waals surface area contributed by atoms with Crippen LogP contribution in [0.25, 0.3) is 0 Å². The van der Waals surface area contributed by atoms with Crippen molar-refractivity contribution in [2.45, 2.75) is 6.92 Å². The van der Waals surface area contributed by atoms with Gasteiger partial charge in [0.05, 0.1) is 12.3 Å². The summed E-state index contributed by atoms with van der Waals surface area (Å²) in [6, 6.07) is 3.71. The summed E-state index contributed by atoms with van der Waals surface area (Å²) in [4.78, 5) is 0. The summed E-state index contributed by atoms with van der Waals surface area (Å²) >= 11 is 0. The Labute approximate surface area is 90.4 Å². The molecular formula is C11H18N2O2. The molecule has 0 atom stereocenters. The van der Waals surface area contributed by atoms with Crippen LogP contribution in [0, 0.1) is 6.92 Å². The van der Waals surface area contributed by atoms with Gasteiger partial charge in [-0.1, -0.05) is 0 Å². The van der Waals surface area contributed by atoms with Gasteiger partial charge >= 0.3 is 0 Å². The molecule has 0 unspecified atom stereocenters. The summed E-state index contributed by atoms with van der Waals surface area (Å²) in [5.41, 5.74) is 8.51.